The van der Waals surface area contributed by atoms with E-state index >= 15 is 0 Å². The lowest BCUT2D eigenvalue weighted by atomic mass is 9.86. The molecule has 0 radical (unpaired) electrons. The Balaban J connectivity index is 1.49. The Kier molecular flexibility index (Phi) is 7.29. The van der Waals surface area contributed by atoms with E-state index in [4.69, 9.17) is 9.47 Å². The van der Waals surface area contributed by atoms with Crippen molar-refractivity contribution < 1.29 is 14.3 Å². The zero-order valence-electron chi connectivity index (χ0n) is 17.7. The topological polar surface area (TPSA) is 50.8 Å². The Morgan fingerprint density at radius 3 is 2.55 bits per heavy atom. The maximum absolute atomic E-state index is 12.3. The van der Waals surface area contributed by atoms with Crippen LogP contribution in [0.15, 0.2) is 48.5 Å². The summed E-state index contributed by atoms with van der Waals surface area (Å²) in [6.45, 7) is 11.4. The second-order valence-electron chi connectivity index (χ2n) is 8.52. The molecule has 0 aliphatic carbocycles. The van der Waals surface area contributed by atoms with Gasteiger partial charge in [-0.3, -0.25) is 9.69 Å². The molecule has 2 aromatic carbocycles. The summed E-state index contributed by atoms with van der Waals surface area (Å²) < 4.78 is 11.2. The number of carbonyl (C=O) groups excluding carboxylic acids is 1. The number of hydrogen-bond donors (Lipinski definition) is 1. The number of hydrogen-bond acceptors (Lipinski definition) is 4. The summed E-state index contributed by atoms with van der Waals surface area (Å²) in [4.78, 5) is 14.7. The summed E-state index contributed by atoms with van der Waals surface area (Å²) in [6, 6.07) is 16.3. The average Bonchev–Trinajstić information content (AvgIpc) is 2.71. The smallest absolute Gasteiger partial charge is 0.258 e. The fourth-order valence-electron chi connectivity index (χ4n) is 3.46. The van der Waals surface area contributed by atoms with Crippen molar-refractivity contribution in [2.45, 2.75) is 39.3 Å². The lowest BCUT2D eigenvalue weighted by Crippen LogP contribution is -2.35. The van der Waals surface area contributed by atoms with Gasteiger partial charge in [-0.15, -0.1) is 0 Å². The monoisotopic (exact) mass is 396 g/mol. The van der Waals surface area contributed by atoms with E-state index in [-0.39, 0.29) is 17.9 Å². The van der Waals surface area contributed by atoms with E-state index in [1.54, 1.807) is 0 Å². The van der Waals surface area contributed by atoms with E-state index in [2.05, 4.69) is 43.1 Å². The summed E-state index contributed by atoms with van der Waals surface area (Å²) in [7, 11) is 0. The highest BCUT2D eigenvalue weighted by molar-refractivity contribution is 5.77. The summed E-state index contributed by atoms with van der Waals surface area (Å²) >= 11 is 0. The van der Waals surface area contributed by atoms with Crippen molar-refractivity contribution in [1.82, 2.24) is 10.2 Å². The van der Waals surface area contributed by atoms with Gasteiger partial charge < -0.3 is 14.8 Å². The molecular formula is C24H32N2O3. The molecule has 1 aliphatic rings. The number of nitrogens with zero attached hydrogens (tertiary/aromatic N) is 1. The second kappa shape index (κ2) is 9.90. The molecule has 156 valence electrons. The SMILES string of the molecule is CC(C)(C)c1ccccc1OCC(=O)NCc1cccc(CN2CCOCC2)c1. The molecule has 1 aliphatic heterocycles. The van der Waals surface area contributed by atoms with Gasteiger partial charge in [0.15, 0.2) is 6.61 Å². The number of benzene rings is 2. The Morgan fingerprint density at radius 2 is 1.79 bits per heavy atom. The Bertz CT molecular complexity index is 808. The van der Waals surface area contributed by atoms with Crippen LogP contribution >= 0.6 is 0 Å². The predicted octanol–water partition coefficient (Wildman–Crippen LogP) is 3.51. The van der Waals surface area contributed by atoms with Crippen LogP contribution in [0.4, 0.5) is 0 Å². The van der Waals surface area contributed by atoms with E-state index in [0.29, 0.717) is 6.54 Å². The first kappa shape index (κ1) is 21.3. The molecule has 2 aromatic rings. The predicted molar refractivity (Wildman–Crippen MR) is 115 cm³/mol. The largest absolute Gasteiger partial charge is 0.483 e. The lowest BCUT2D eigenvalue weighted by molar-refractivity contribution is -0.123. The maximum atomic E-state index is 12.3. The molecule has 0 aromatic heterocycles. The average molecular weight is 397 g/mol. The van der Waals surface area contributed by atoms with Crippen molar-refractivity contribution in [2.24, 2.45) is 0 Å². The Morgan fingerprint density at radius 1 is 1.07 bits per heavy atom. The number of nitrogens with one attached hydrogen (secondary N) is 1. The van der Waals surface area contributed by atoms with Gasteiger partial charge in [-0.05, 0) is 28.2 Å². The molecule has 1 N–H and O–H groups in total. The Hall–Kier alpha value is -2.37. The molecule has 1 fully saturated rings. The minimum Gasteiger partial charge on any atom is -0.483 e. The van der Waals surface area contributed by atoms with Crippen LogP contribution in [0.5, 0.6) is 5.75 Å². The van der Waals surface area contributed by atoms with Crippen LogP contribution in [0, 0.1) is 0 Å². The molecule has 3 rings (SSSR count). The number of amides is 1. The first-order chi connectivity index (χ1) is 13.9. The quantitative estimate of drug-likeness (QED) is 0.778. The molecule has 0 spiro atoms. The minimum atomic E-state index is -0.118. The molecular weight excluding hydrogens is 364 g/mol. The van der Waals surface area contributed by atoms with Gasteiger partial charge in [-0.1, -0.05) is 63.2 Å². The molecule has 0 saturated carbocycles. The van der Waals surface area contributed by atoms with E-state index < -0.39 is 0 Å². The summed E-state index contributed by atoms with van der Waals surface area (Å²) in [5.74, 6) is 0.648. The number of para-hydroxylation sites is 1. The van der Waals surface area contributed by atoms with Crippen LogP contribution in [0.3, 0.4) is 0 Å². The third-order valence-corrected chi connectivity index (χ3v) is 5.04. The van der Waals surface area contributed by atoms with Crippen molar-refractivity contribution in [3.63, 3.8) is 0 Å². The van der Waals surface area contributed by atoms with E-state index in [9.17, 15) is 4.79 Å². The minimum absolute atomic E-state index is 0.0144. The van der Waals surface area contributed by atoms with Crippen molar-refractivity contribution in [3.8, 4) is 5.75 Å². The van der Waals surface area contributed by atoms with Gasteiger partial charge in [0.1, 0.15) is 5.75 Å². The highest BCUT2D eigenvalue weighted by Crippen LogP contribution is 2.30. The van der Waals surface area contributed by atoms with E-state index in [1.807, 2.05) is 36.4 Å². The van der Waals surface area contributed by atoms with Gasteiger partial charge in [0, 0.05) is 26.2 Å². The highest BCUT2D eigenvalue weighted by Gasteiger charge is 2.19. The summed E-state index contributed by atoms with van der Waals surface area (Å²) in [6.07, 6.45) is 0. The fourth-order valence-corrected chi connectivity index (χ4v) is 3.46. The lowest BCUT2D eigenvalue weighted by Gasteiger charge is -2.26. The summed E-state index contributed by atoms with van der Waals surface area (Å²) in [5.41, 5.74) is 3.42. The van der Waals surface area contributed by atoms with E-state index in [0.717, 1.165) is 49.7 Å². The van der Waals surface area contributed by atoms with Gasteiger partial charge >= 0.3 is 0 Å². The number of ether oxygens (including phenoxy) is 2. The van der Waals surface area contributed by atoms with E-state index in [1.165, 1.54) is 5.56 Å². The molecule has 1 saturated heterocycles. The first-order valence-electron chi connectivity index (χ1n) is 10.3. The van der Waals surface area contributed by atoms with Crippen molar-refractivity contribution in [3.05, 3.63) is 65.2 Å². The first-order valence-corrected chi connectivity index (χ1v) is 10.3. The van der Waals surface area contributed by atoms with Crippen LogP contribution in [-0.2, 0) is 28.0 Å². The van der Waals surface area contributed by atoms with Gasteiger partial charge in [-0.2, -0.15) is 0 Å². The number of morpholine rings is 1. The van der Waals surface area contributed by atoms with Gasteiger partial charge in [0.2, 0.25) is 0 Å². The third kappa shape index (κ3) is 6.58. The van der Waals surface area contributed by atoms with Crippen LogP contribution in [-0.4, -0.2) is 43.7 Å². The maximum Gasteiger partial charge on any atom is 0.258 e. The molecule has 5 nitrogen and oxygen atoms in total. The molecule has 0 bridgehead atoms. The van der Waals surface area contributed by atoms with Crippen LogP contribution < -0.4 is 10.1 Å². The molecule has 29 heavy (non-hydrogen) atoms. The van der Waals surface area contributed by atoms with Crippen LogP contribution in [0.2, 0.25) is 0 Å². The second-order valence-corrected chi connectivity index (χ2v) is 8.52. The molecule has 5 heteroatoms. The standard InChI is InChI=1S/C24H32N2O3/c1-24(2,3)21-9-4-5-10-22(21)29-18-23(27)25-16-19-7-6-8-20(15-19)17-26-11-13-28-14-12-26/h4-10,15H,11-14,16-18H2,1-3H3,(H,25,27). The fraction of sp³-hybridized carbons (Fsp3) is 0.458. The van der Waals surface area contributed by atoms with Crippen LogP contribution in [0.1, 0.15) is 37.5 Å². The van der Waals surface area contributed by atoms with Crippen LogP contribution in [0.25, 0.3) is 0 Å². The van der Waals surface area contributed by atoms with Crippen molar-refractivity contribution >= 4 is 5.91 Å². The summed E-state index contributed by atoms with van der Waals surface area (Å²) in [5, 5.41) is 2.96. The number of carbonyl (C=O) groups is 1. The third-order valence-electron chi connectivity index (χ3n) is 5.04. The number of rotatable bonds is 7. The van der Waals surface area contributed by atoms with Gasteiger partial charge in [-0.25, -0.2) is 0 Å². The van der Waals surface area contributed by atoms with Crippen molar-refractivity contribution in [2.75, 3.05) is 32.9 Å². The zero-order valence-corrected chi connectivity index (χ0v) is 17.7. The van der Waals surface area contributed by atoms with Crippen molar-refractivity contribution in [1.29, 1.82) is 0 Å². The van der Waals surface area contributed by atoms with Gasteiger partial charge in [0.05, 0.1) is 13.2 Å². The highest BCUT2D eigenvalue weighted by atomic mass is 16.5. The zero-order chi connectivity index (χ0) is 20.7. The molecule has 1 amide bonds. The Labute approximate surface area is 174 Å². The molecule has 0 unspecified atom stereocenters. The molecule has 1 heterocycles. The van der Waals surface area contributed by atoms with Gasteiger partial charge in [0.25, 0.3) is 5.91 Å². The normalized spacial score (nSPS) is 15.1. The molecule has 0 atom stereocenters.